The van der Waals surface area contributed by atoms with Gasteiger partial charge in [0.1, 0.15) is 11.5 Å². The highest BCUT2D eigenvalue weighted by Gasteiger charge is 2.50. The van der Waals surface area contributed by atoms with E-state index in [1.165, 1.54) is 35.1 Å². The number of benzene rings is 2. The molecule has 1 atom stereocenters. The van der Waals surface area contributed by atoms with Gasteiger partial charge in [-0.2, -0.15) is 0 Å². The summed E-state index contributed by atoms with van der Waals surface area (Å²) in [5, 5.41) is 11.2. The van der Waals surface area contributed by atoms with E-state index in [9.17, 15) is 23.5 Å². The van der Waals surface area contributed by atoms with Crippen molar-refractivity contribution in [1.29, 1.82) is 0 Å². The van der Waals surface area contributed by atoms with Crippen LogP contribution < -0.4 is 9.47 Å². The Morgan fingerprint density at radius 2 is 1.79 bits per heavy atom. The molecule has 0 radical (unpaired) electrons. The molecule has 4 rings (SSSR count). The first-order valence-corrected chi connectivity index (χ1v) is 13.5. The van der Waals surface area contributed by atoms with E-state index in [1.54, 1.807) is 38.4 Å². The van der Waals surface area contributed by atoms with Gasteiger partial charge in [0.2, 0.25) is 5.60 Å². The lowest BCUT2D eigenvalue weighted by Crippen LogP contribution is -2.53. The first kappa shape index (κ1) is 29.1. The second kappa shape index (κ2) is 12.1. The number of hydrogen-bond acceptors (Lipinski definition) is 5. The standard InChI is InChI=1S/C29H35ClF2N2O5/c1-33(2)26(35)24-8-7-22(17-25(24)30)39-23-14-19(15-23)13-18-9-11-34(12-10-18)28(36)29(37,27(31)32)20-5-4-6-21(16-20)38-3/h4-8,16-19,23,27,37H,9-15H2,1-3H3/t19?,23?,29-/m1/s1. The van der Waals surface area contributed by atoms with E-state index in [1.807, 2.05) is 0 Å². The zero-order valence-corrected chi connectivity index (χ0v) is 23.2. The normalized spacial score (nSPS) is 21.2. The highest BCUT2D eigenvalue weighted by molar-refractivity contribution is 6.34. The molecule has 2 amide bonds. The zero-order valence-electron chi connectivity index (χ0n) is 22.4. The molecule has 39 heavy (non-hydrogen) atoms. The largest absolute Gasteiger partial charge is 0.497 e. The van der Waals surface area contributed by atoms with Crippen molar-refractivity contribution in [2.45, 2.75) is 50.2 Å². The lowest BCUT2D eigenvalue weighted by atomic mass is 9.74. The minimum atomic E-state index is -3.28. The molecule has 1 heterocycles. The topological polar surface area (TPSA) is 79.3 Å². The molecule has 1 saturated heterocycles. The highest BCUT2D eigenvalue weighted by Crippen LogP contribution is 2.40. The van der Waals surface area contributed by atoms with Gasteiger partial charge in [0.25, 0.3) is 18.2 Å². The summed E-state index contributed by atoms with van der Waals surface area (Å²) in [6.07, 6.45) is 0.971. The molecule has 1 saturated carbocycles. The van der Waals surface area contributed by atoms with E-state index >= 15 is 0 Å². The number of rotatable bonds is 9. The molecular formula is C29H35ClF2N2O5. The Morgan fingerprint density at radius 1 is 1.10 bits per heavy atom. The SMILES string of the molecule is COc1cccc([C@](O)(C(=O)N2CCC(CC3CC(Oc4ccc(C(=O)N(C)C)c(Cl)c4)C3)CC2)C(F)F)c1. The summed E-state index contributed by atoms with van der Waals surface area (Å²) in [4.78, 5) is 28.1. The maximum Gasteiger partial charge on any atom is 0.280 e. The van der Waals surface area contributed by atoms with Crippen LogP contribution in [0, 0.1) is 11.8 Å². The number of alkyl halides is 2. The van der Waals surface area contributed by atoms with Gasteiger partial charge in [-0.1, -0.05) is 23.7 Å². The number of hydrogen-bond donors (Lipinski definition) is 1. The predicted octanol–water partition coefficient (Wildman–Crippen LogP) is 4.99. The van der Waals surface area contributed by atoms with Gasteiger partial charge in [-0.3, -0.25) is 9.59 Å². The van der Waals surface area contributed by atoms with Gasteiger partial charge >= 0.3 is 0 Å². The van der Waals surface area contributed by atoms with E-state index in [0.29, 0.717) is 59.9 Å². The second-order valence-corrected chi connectivity index (χ2v) is 11.1. The molecule has 1 N–H and O–H groups in total. The number of ether oxygens (including phenoxy) is 2. The van der Waals surface area contributed by atoms with Crippen molar-refractivity contribution in [2.75, 3.05) is 34.3 Å². The van der Waals surface area contributed by atoms with Crippen LogP contribution in [0.3, 0.4) is 0 Å². The van der Waals surface area contributed by atoms with Crippen LogP contribution in [0.1, 0.15) is 48.0 Å². The molecule has 2 aliphatic rings. The monoisotopic (exact) mass is 564 g/mol. The van der Waals surface area contributed by atoms with E-state index in [0.717, 1.165) is 19.3 Å². The van der Waals surface area contributed by atoms with Gasteiger partial charge in [-0.25, -0.2) is 8.78 Å². The van der Waals surface area contributed by atoms with Crippen LogP contribution in [0.4, 0.5) is 8.78 Å². The van der Waals surface area contributed by atoms with Gasteiger partial charge in [-0.05, 0) is 74.3 Å². The smallest absolute Gasteiger partial charge is 0.280 e. The lowest BCUT2D eigenvalue weighted by Gasteiger charge is -2.41. The van der Waals surface area contributed by atoms with Crippen molar-refractivity contribution in [1.82, 2.24) is 9.80 Å². The third kappa shape index (κ3) is 6.30. The van der Waals surface area contributed by atoms with E-state index in [-0.39, 0.29) is 17.6 Å². The number of nitrogens with zero attached hydrogens (tertiary/aromatic N) is 2. The number of amides is 2. The number of aliphatic hydroxyl groups is 1. The number of carbonyl (C=O) groups is 2. The Morgan fingerprint density at radius 3 is 2.38 bits per heavy atom. The third-order valence-corrected chi connectivity index (χ3v) is 8.11. The molecule has 0 bridgehead atoms. The number of likely N-dealkylation sites (tertiary alicyclic amines) is 1. The first-order chi connectivity index (χ1) is 18.5. The number of methoxy groups -OCH3 is 1. The van der Waals surface area contributed by atoms with Gasteiger partial charge < -0.3 is 24.4 Å². The fourth-order valence-corrected chi connectivity index (χ4v) is 5.68. The Labute approximate surface area is 232 Å². The number of carbonyl (C=O) groups excluding carboxylic acids is 2. The molecule has 1 aliphatic carbocycles. The summed E-state index contributed by atoms with van der Waals surface area (Å²) in [6.45, 7) is 0.650. The second-order valence-electron chi connectivity index (χ2n) is 10.7. The molecule has 0 unspecified atom stereocenters. The molecule has 212 valence electrons. The number of halogens is 3. The molecule has 7 nitrogen and oxygen atoms in total. The summed E-state index contributed by atoms with van der Waals surface area (Å²) in [5.41, 5.74) is -2.66. The average molecular weight is 565 g/mol. The molecule has 0 spiro atoms. The van der Waals surface area contributed by atoms with Gasteiger partial charge in [0.05, 0.1) is 23.8 Å². The molecule has 2 fully saturated rings. The van der Waals surface area contributed by atoms with Gasteiger partial charge in [0.15, 0.2) is 0 Å². The van der Waals surface area contributed by atoms with E-state index < -0.39 is 17.9 Å². The molecule has 2 aromatic carbocycles. The van der Waals surface area contributed by atoms with Crippen molar-refractivity contribution in [3.8, 4) is 11.5 Å². The fourth-order valence-electron chi connectivity index (χ4n) is 5.43. The minimum absolute atomic E-state index is 0.0760. The highest BCUT2D eigenvalue weighted by atomic mass is 35.5. The van der Waals surface area contributed by atoms with Crippen LogP contribution in [0.2, 0.25) is 5.02 Å². The van der Waals surface area contributed by atoms with Crippen molar-refractivity contribution >= 4 is 23.4 Å². The quantitative estimate of drug-likeness (QED) is 0.464. The Balaban J connectivity index is 1.25. The van der Waals surface area contributed by atoms with Crippen LogP contribution in [0.5, 0.6) is 11.5 Å². The van der Waals surface area contributed by atoms with Crippen molar-refractivity contribution < 1.29 is 33.0 Å². The maximum atomic E-state index is 14.0. The van der Waals surface area contributed by atoms with Crippen molar-refractivity contribution in [2.24, 2.45) is 11.8 Å². The molecule has 0 aromatic heterocycles. The molecular weight excluding hydrogens is 530 g/mol. The zero-order chi connectivity index (χ0) is 28.3. The lowest BCUT2D eigenvalue weighted by molar-refractivity contribution is -0.173. The Kier molecular flexibility index (Phi) is 9.01. The first-order valence-electron chi connectivity index (χ1n) is 13.1. The van der Waals surface area contributed by atoms with E-state index in [2.05, 4.69) is 0 Å². The van der Waals surface area contributed by atoms with Crippen LogP contribution >= 0.6 is 11.6 Å². The van der Waals surface area contributed by atoms with E-state index in [4.69, 9.17) is 21.1 Å². The summed E-state index contributed by atoms with van der Waals surface area (Å²) >= 11 is 6.28. The molecule has 1 aliphatic heterocycles. The fraction of sp³-hybridized carbons (Fsp3) is 0.517. The summed E-state index contributed by atoms with van der Waals surface area (Å²) in [5.74, 6) is 0.651. The molecule has 10 heteroatoms. The summed E-state index contributed by atoms with van der Waals surface area (Å²) in [7, 11) is 4.74. The maximum absolute atomic E-state index is 14.0. The van der Waals surface area contributed by atoms with Gasteiger partial charge in [0, 0.05) is 32.7 Å². The third-order valence-electron chi connectivity index (χ3n) is 7.79. The molecule has 2 aromatic rings. The van der Waals surface area contributed by atoms with Crippen LogP contribution in [-0.4, -0.2) is 73.5 Å². The van der Waals surface area contributed by atoms with Crippen molar-refractivity contribution in [3.05, 3.63) is 58.6 Å². The van der Waals surface area contributed by atoms with Crippen molar-refractivity contribution in [3.63, 3.8) is 0 Å². The Bertz CT molecular complexity index is 1180. The minimum Gasteiger partial charge on any atom is -0.497 e. The average Bonchev–Trinajstić information content (AvgIpc) is 2.91. The predicted molar refractivity (Wildman–Crippen MR) is 143 cm³/mol. The van der Waals surface area contributed by atoms with Crippen LogP contribution in [0.25, 0.3) is 0 Å². The Hall–Kier alpha value is -2.91. The number of piperidine rings is 1. The summed E-state index contributed by atoms with van der Waals surface area (Å²) in [6, 6.07) is 10.7. The van der Waals surface area contributed by atoms with Crippen LogP contribution in [-0.2, 0) is 10.4 Å². The van der Waals surface area contributed by atoms with Gasteiger partial charge in [-0.15, -0.1) is 0 Å². The summed E-state index contributed by atoms with van der Waals surface area (Å²) < 4.78 is 39.2. The van der Waals surface area contributed by atoms with Crippen LogP contribution in [0.15, 0.2) is 42.5 Å².